The molecule has 7 nitrogen and oxygen atoms in total. The maximum absolute atomic E-state index is 12.3. The lowest BCUT2D eigenvalue weighted by Gasteiger charge is -2.25. The molecule has 1 aliphatic rings. The molecule has 2 amide bonds. The maximum atomic E-state index is 12.3. The number of phenolic OH excluding ortho intramolecular Hbond substituents is 1. The molecule has 3 N–H and O–H groups in total. The van der Waals surface area contributed by atoms with Crippen molar-refractivity contribution in [3.63, 3.8) is 0 Å². The molecule has 1 aromatic carbocycles. The summed E-state index contributed by atoms with van der Waals surface area (Å²) in [4.78, 5) is 23.4. The second-order valence-corrected chi connectivity index (χ2v) is 6.24. The Hall–Kier alpha value is -2.83. The highest BCUT2D eigenvalue weighted by atomic mass is 16.3. The van der Waals surface area contributed by atoms with Gasteiger partial charge in [-0.1, -0.05) is 6.42 Å². The Kier molecular flexibility index (Phi) is 4.74. The van der Waals surface area contributed by atoms with Crippen LogP contribution in [0.2, 0.25) is 0 Å². The Morgan fingerprint density at radius 3 is 2.64 bits per heavy atom. The first-order valence-electron chi connectivity index (χ1n) is 8.48. The summed E-state index contributed by atoms with van der Waals surface area (Å²) in [6.07, 6.45) is 3.23. The predicted molar refractivity (Wildman–Crippen MR) is 94.7 cm³/mol. The average Bonchev–Trinajstić information content (AvgIpc) is 2.89. The Morgan fingerprint density at radius 2 is 2.08 bits per heavy atom. The highest BCUT2D eigenvalue weighted by Crippen LogP contribution is 2.39. The lowest BCUT2D eigenvalue weighted by Crippen LogP contribution is -2.31. The van der Waals surface area contributed by atoms with Gasteiger partial charge in [-0.05, 0) is 38.0 Å². The molecule has 1 saturated carbocycles. The summed E-state index contributed by atoms with van der Waals surface area (Å²) in [6.45, 7) is 3.79. The van der Waals surface area contributed by atoms with Gasteiger partial charge in [-0.15, -0.1) is 0 Å². The van der Waals surface area contributed by atoms with Gasteiger partial charge in [-0.2, -0.15) is 9.78 Å². The summed E-state index contributed by atoms with van der Waals surface area (Å²) in [6, 6.07) is 6.47. The van der Waals surface area contributed by atoms with Crippen molar-refractivity contribution in [1.82, 2.24) is 15.1 Å². The molecular weight excluding hydrogens is 320 g/mol. The van der Waals surface area contributed by atoms with Crippen molar-refractivity contribution < 1.29 is 14.7 Å². The first-order valence-corrected chi connectivity index (χ1v) is 8.48. The van der Waals surface area contributed by atoms with Crippen molar-refractivity contribution in [2.45, 2.75) is 39.0 Å². The largest absolute Gasteiger partial charge is 0.507 e. The molecule has 0 spiro atoms. The van der Waals surface area contributed by atoms with E-state index in [2.05, 4.69) is 15.7 Å². The smallest absolute Gasteiger partial charge is 0.342 e. The van der Waals surface area contributed by atoms with Crippen LogP contribution in [-0.2, 0) is 4.79 Å². The van der Waals surface area contributed by atoms with Crippen LogP contribution in [0.1, 0.15) is 44.7 Å². The van der Waals surface area contributed by atoms with Crippen LogP contribution >= 0.6 is 0 Å². The molecule has 0 atom stereocenters. The van der Waals surface area contributed by atoms with E-state index in [1.807, 2.05) is 13.0 Å². The Morgan fingerprint density at radius 1 is 1.32 bits per heavy atom. The van der Waals surface area contributed by atoms with Crippen LogP contribution < -0.4 is 10.6 Å². The molecule has 1 fully saturated rings. The summed E-state index contributed by atoms with van der Waals surface area (Å²) in [5.74, 6) is 0.122. The number of rotatable bonds is 4. The maximum Gasteiger partial charge on any atom is 0.342 e. The third-order valence-electron chi connectivity index (χ3n) is 4.37. The quantitative estimate of drug-likeness (QED) is 0.795. The van der Waals surface area contributed by atoms with Crippen LogP contribution in [0.5, 0.6) is 5.75 Å². The number of benzene rings is 1. The van der Waals surface area contributed by atoms with Gasteiger partial charge in [0.15, 0.2) is 0 Å². The number of hydrogen-bond donors (Lipinski definition) is 3. The van der Waals surface area contributed by atoms with Crippen molar-refractivity contribution in [3.8, 4) is 17.0 Å². The van der Waals surface area contributed by atoms with Crippen LogP contribution in [0.25, 0.3) is 11.3 Å². The molecule has 3 rings (SSSR count). The monoisotopic (exact) mass is 342 g/mol. The van der Waals surface area contributed by atoms with E-state index < -0.39 is 0 Å². The van der Waals surface area contributed by atoms with Crippen LogP contribution in [0.15, 0.2) is 24.3 Å². The van der Waals surface area contributed by atoms with E-state index in [-0.39, 0.29) is 17.7 Å². The molecule has 0 radical (unpaired) electrons. The fraction of sp³-hybridized carbons (Fsp3) is 0.389. The summed E-state index contributed by atoms with van der Waals surface area (Å²) < 4.78 is 1.41. The van der Waals surface area contributed by atoms with E-state index in [4.69, 9.17) is 0 Å². The van der Waals surface area contributed by atoms with Crippen molar-refractivity contribution in [2.24, 2.45) is 0 Å². The molecule has 1 heterocycles. The summed E-state index contributed by atoms with van der Waals surface area (Å²) >= 11 is 0. The molecule has 25 heavy (non-hydrogen) atoms. The van der Waals surface area contributed by atoms with Gasteiger partial charge in [-0.3, -0.25) is 4.79 Å². The highest BCUT2D eigenvalue weighted by molar-refractivity contribution is 5.89. The number of carbonyl (C=O) groups is 2. The molecule has 0 bridgehead atoms. The minimum absolute atomic E-state index is 0.00644. The number of nitrogens with zero attached hydrogens (tertiary/aromatic N) is 2. The topological polar surface area (TPSA) is 96.3 Å². The Bertz CT molecular complexity index is 809. The van der Waals surface area contributed by atoms with E-state index in [1.54, 1.807) is 12.1 Å². The summed E-state index contributed by atoms with van der Waals surface area (Å²) in [5.41, 5.74) is 2.45. The molecule has 0 aliphatic heterocycles. The van der Waals surface area contributed by atoms with E-state index in [1.165, 1.54) is 17.7 Å². The Balaban J connectivity index is 1.97. The zero-order valence-electron chi connectivity index (χ0n) is 14.4. The highest BCUT2D eigenvalue weighted by Gasteiger charge is 2.27. The molecule has 7 heteroatoms. The van der Waals surface area contributed by atoms with E-state index in [9.17, 15) is 14.7 Å². The van der Waals surface area contributed by atoms with E-state index >= 15 is 0 Å². The van der Waals surface area contributed by atoms with Crippen molar-refractivity contribution in [2.75, 3.05) is 11.9 Å². The Labute approximate surface area is 146 Å². The molecule has 0 saturated heterocycles. The van der Waals surface area contributed by atoms with E-state index in [0.29, 0.717) is 29.4 Å². The van der Waals surface area contributed by atoms with Gasteiger partial charge in [0.25, 0.3) is 0 Å². The molecule has 132 valence electrons. The number of hydrogen-bond acceptors (Lipinski definition) is 4. The van der Waals surface area contributed by atoms with Gasteiger partial charge in [0.1, 0.15) is 5.75 Å². The zero-order chi connectivity index (χ0) is 18.0. The zero-order valence-corrected chi connectivity index (χ0v) is 14.4. The minimum Gasteiger partial charge on any atom is -0.507 e. The third-order valence-corrected chi connectivity index (χ3v) is 4.37. The average molecular weight is 342 g/mol. The first kappa shape index (κ1) is 17.0. The van der Waals surface area contributed by atoms with Gasteiger partial charge in [0, 0.05) is 36.7 Å². The molecule has 1 aromatic heterocycles. The second kappa shape index (κ2) is 6.96. The van der Waals surface area contributed by atoms with Crippen molar-refractivity contribution in [3.05, 3.63) is 30.0 Å². The van der Waals surface area contributed by atoms with E-state index in [0.717, 1.165) is 25.0 Å². The number of aromatic nitrogens is 2. The minimum atomic E-state index is -0.259. The van der Waals surface area contributed by atoms with Crippen molar-refractivity contribution >= 4 is 17.6 Å². The van der Waals surface area contributed by atoms with Gasteiger partial charge < -0.3 is 15.7 Å². The molecular formula is C18H22N4O3. The normalized spacial score (nSPS) is 14.0. The van der Waals surface area contributed by atoms with Crippen LogP contribution in [0.4, 0.5) is 10.5 Å². The van der Waals surface area contributed by atoms with Crippen molar-refractivity contribution in [1.29, 1.82) is 0 Å². The van der Waals surface area contributed by atoms with Crippen LogP contribution in [-0.4, -0.2) is 33.4 Å². The molecule has 2 aromatic rings. The number of aromatic hydroxyl groups is 1. The fourth-order valence-electron chi connectivity index (χ4n) is 2.94. The lowest BCUT2D eigenvalue weighted by atomic mass is 9.82. The summed E-state index contributed by atoms with van der Waals surface area (Å²) in [7, 11) is 0. The molecule has 1 aliphatic carbocycles. The number of anilines is 1. The van der Waals surface area contributed by atoms with Gasteiger partial charge in [0.2, 0.25) is 5.91 Å². The summed E-state index contributed by atoms with van der Waals surface area (Å²) in [5, 5.41) is 20.1. The number of nitrogens with one attached hydrogen (secondary N) is 2. The predicted octanol–water partition coefficient (Wildman–Crippen LogP) is 3.06. The first-order chi connectivity index (χ1) is 12.0. The standard InChI is InChI=1S/C18H22N4O3/c1-3-19-18(25)22-16(12-5-4-6-12)10-15(21-22)14-8-7-13(9-17(14)24)20-11(2)23/h7-10,12,24H,3-6H2,1-2H3,(H,19,25)(H,20,23). The lowest BCUT2D eigenvalue weighted by molar-refractivity contribution is -0.114. The molecule has 0 unspecified atom stereocenters. The van der Waals surface area contributed by atoms with Crippen LogP contribution in [0, 0.1) is 0 Å². The van der Waals surface area contributed by atoms with Crippen LogP contribution in [0.3, 0.4) is 0 Å². The number of phenols is 1. The van der Waals surface area contributed by atoms with Gasteiger partial charge in [-0.25, -0.2) is 4.79 Å². The van der Waals surface area contributed by atoms with Gasteiger partial charge in [0.05, 0.1) is 11.4 Å². The van der Waals surface area contributed by atoms with Gasteiger partial charge >= 0.3 is 6.03 Å². The SMILES string of the molecule is CCNC(=O)n1nc(-c2ccc(NC(C)=O)cc2O)cc1C1CCC1. The number of amides is 2. The third kappa shape index (κ3) is 3.50. The number of carbonyl (C=O) groups excluding carboxylic acids is 2. The second-order valence-electron chi connectivity index (χ2n) is 6.24. The fourth-order valence-corrected chi connectivity index (χ4v) is 2.94.